The van der Waals surface area contributed by atoms with Gasteiger partial charge in [0.1, 0.15) is 23.2 Å². The predicted octanol–water partition coefficient (Wildman–Crippen LogP) is 4.49. The van der Waals surface area contributed by atoms with E-state index in [0.717, 1.165) is 24.8 Å². The first-order valence-corrected chi connectivity index (χ1v) is 6.85. The molecule has 1 N–H and O–H groups in total. The van der Waals surface area contributed by atoms with Crippen LogP contribution in [0.2, 0.25) is 0 Å². The van der Waals surface area contributed by atoms with E-state index in [-0.39, 0.29) is 5.56 Å². The Kier molecular flexibility index (Phi) is 4.71. The third-order valence-electron chi connectivity index (χ3n) is 2.64. The number of furan rings is 1. The second kappa shape index (κ2) is 6.30. The molecule has 0 saturated carbocycles. The van der Waals surface area contributed by atoms with E-state index in [4.69, 9.17) is 4.42 Å². The predicted molar refractivity (Wildman–Crippen MR) is 73.8 cm³/mol. The summed E-state index contributed by atoms with van der Waals surface area (Å²) < 4.78 is 32.7. The third-order valence-corrected chi connectivity index (χ3v) is 3.27. The summed E-state index contributed by atoms with van der Waals surface area (Å²) in [6, 6.07) is 5.53. The number of hydrogen-bond acceptors (Lipinski definition) is 2. The summed E-state index contributed by atoms with van der Waals surface area (Å²) in [6.45, 7) is 3.56. The molecule has 0 spiro atoms. The van der Waals surface area contributed by atoms with Gasteiger partial charge in [-0.2, -0.15) is 0 Å². The van der Waals surface area contributed by atoms with Gasteiger partial charge in [0.15, 0.2) is 0 Å². The Morgan fingerprint density at radius 3 is 2.74 bits per heavy atom. The molecule has 0 bridgehead atoms. The highest BCUT2D eigenvalue weighted by atomic mass is 79.9. The van der Waals surface area contributed by atoms with Crippen LogP contribution >= 0.6 is 15.9 Å². The zero-order chi connectivity index (χ0) is 13.8. The van der Waals surface area contributed by atoms with Crippen molar-refractivity contribution in [2.24, 2.45) is 0 Å². The minimum atomic E-state index is -0.644. The average molecular weight is 330 g/mol. The van der Waals surface area contributed by atoms with Crippen LogP contribution in [0, 0.1) is 11.6 Å². The van der Waals surface area contributed by atoms with E-state index in [0.29, 0.717) is 16.8 Å². The fourth-order valence-electron chi connectivity index (χ4n) is 1.77. The van der Waals surface area contributed by atoms with E-state index >= 15 is 0 Å². The lowest BCUT2D eigenvalue weighted by Gasteiger charge is -2.04. The molecular formula is C14H14BrF2NO. The van der Waals surface area contributed by atoms with Gasteiger partial charge in [-0.25, -0.2) is 8.78 Å². The van der Waals surface area contributed by atoms with Gasteiger partial charge in [0.25, 0.3) is 0 Å². The van der Waals surface area contributed by atoms with Gasteiger partial charge < -0.3 is 9.73 Å². The number of nitrogens with one attached hydrogen (secondary N) is 1. The highest BCUT2D eigenvalue weighted by Gasteiger charge is 2.15. The van der Waals surface area contributed by atoms with Crippen molar-refractivity contribution in [2.45, 2.75) is 19.9 Å². The SMILES string of the molecule is CCCNCc1ccc(-c2c(F)cc(F)cc2Br)o1. The molecule has 0 atom stereocenters. The van der Waals surface area contributed by atoms with E-state index in [1.54, 1.807) is 12.1 Å². The van der Waals surface area contributed by atoms with E-state index in [1.807, 2.05) is 0 Å². The van der Waals surface area contributed by atoms with E-state index in [1.165, 1.54) is 6.07 Å². The fourth-order valence-corrected chi connectivity index (χ4v) is 2.38. The minimum Gasteiger partial charge on any atom is -0.460 e. The Morgan fingerprint density at radius 2 is 2.05 bits per heavy atom. The highest BCUT2D eigenvalue weighted by Crippen LogP contribution is 2.32. The summed E-state index contributed by atoms with van der Waals surface area (Å²) in [5, 5.41) is 3.20. The molecule has 1 aromatic heterocycles. The van der Waals surface area contributed by atoms with Crippen molar-refractivity contribution in [1.82, 2.24) is 5.32 Å². The molecule has 5 heteroatoms. The van der Waals surface area contributed by atoms with Gasteiger partial charge in [0.05, 0.1) is 12.1 Å². The molecule has 1 aromatic carbocycles. The molecule has 0 radical (unpaired) electrons. The fraction of sp³-hybridized carbons (Fsp3) is 0.286. The molecule has 0 saturated heterocycles. The monoisotopic (exact) mass is 329 g/mol. The molecule has 0 aliphatic heterocycles. The summed E-state index contributed by atoms with van der Waals surface area (Å²) >= 11 is 3.15. The normalized spacial score (nSPS) is 10.9. The van der Waals surface area contributed by atoms with Crippen LogP contribution in [-0.2, 0) is 6.54 Å². The third kappa shape index (κ3) is 3.42. The lowest BCUT2D eigenvalue weighted by Crippen LogP contribution is -2.12. The van der Waals surface area contributed by atoms with Gasteiger partial charge in [0.2, 0.25) is 0 Å². The van der Waals surface area contributed by atoms with Crippen molar-refractivity contribution in [3.05, 3.63) is 46.1 Å². The van der Waals surface area contributed by atoms with Crippen molar-refractivity contribution >= 4 is 15.9 Å². The quantitative estimate of drug-likeness (QED) is 0.818. The zero-order valence-electron chi connectivity index (χ0n) is 10.5. The molecule has 19 heavy (non-hydrogen) atoms. The van der Waals surface area contributed by atoms with Crippen molar-refractivity contribution in [1.29, 1.82) is 0 Å². The topological polar surface area (TPSA) is 25.2 Å². The Bertz CT molecular complexity index is 545. The van der Waals surface area contributed by atoms with Crippen LogP contribution in [-0.4, -0.2) is 6.54 Å². The second-order valence-corrected chi connectivity index (χ2v) is 5.04. The van der Waals surface area contributed by atoms with Crippen LogP contribution in [0.5, 0.6) is 0 Å². The molecule has 1 heterocycles. The largest absolute Gasteiger partial charge is 0.460 e. The van der Waals surface area contributed by atoms with Gasteiger partial charge >= 0.3 is 0 Å². The molecule has 0 fully saturated rings. The van der Waals surface area contributed by atoms with Crippen LogP contribution in [0.25, 0.3) is 11.3 Å². The Balaban J connectivity index is 2.23. The smallest absolute Gasteiger partial charge is 0.138 e. The summed E-state index contributed by atoms with van der Waals surface area (Å²) in [5.41, 5.74) is 0.239. The maximum absolute atomic E-state index is 13.8. The average Bonchev–Trinajstić information content (AvgIpc) is 2.76. The highest BCUT2D eigenvalue weighted by molar-refractivity contribution is 9.10. The van der Waals surface area contributed by atoms with Crippen molar-refractivity contribution in [2.75, 3.05) is 6.54 Å². The first kappa shape index (κ1) is 14.2. The number of hydrogen-bond donors (Lipinski definition) is 1. The Hall–Kier alpha value is -1.20. The van der Waals surface area contributed by atoms with Gasteiger partial charge in [-0.05, 0) is 47.1 Å². The lowest BCUT2D eigenvalue weighted by molar-refractivity contribution is 0.489. The molecule has 2 nitrogen and oxygen atoms in total. The summed E-state index contributed by atoms with van der Waals surface area (Å²) in [6.07, 6.45) is 1.03. The molecule has 2 aromatic rings. The number of benzene rings is 1. The van der Waals surface area contributed by atoms with E-state index in [2.05, 4.69) is 28.2 Å². The Labute approximate surface area is 118 Å². The van der Waals surface area contributed by atoms with Crippen molar-refractivity contribution < 1.29 is 13.2 Å². The van der Waals surface area contributed by atoms with Crippen LogP contribution in [0.1, 0.15) is 19.1 Å². The maximum atomic E-state index is 13.8. The van der Waals surface area contributed by atoms with Crippen LogP contribution < -0.4 is 5.32 Å². The minimum absolute atomic E-state index is 0.239. The van der Waals surface area contributed by atoms with Crippen LogP contribution in [0.3, 0.4) is 0 Å². The van der Waals surface area contributed by atoms with Gasteiger partial charge in [-0.1, -0.05) is 6.92 Å². The van der Waals surface area contributed by atoms with Crippen LogP contribution in [0.4, 0.5) is 8.78 Å². The van der Waals surface area contributed by atoms with Gasteiger partial charge in [-0.15, -0.1) is 0 Å². The molecule has 0 amide bonds. The number of rotatable bonds is 5. The van der Waals surface area contributed by atoms with Gasteiger partial charge in [0, 0.05) is 10.5 Å². The lowest BCUT2D eigenvalue weighted by atomic mass is 10.1. The van der Waals surface area contributed by atoms with Crippen LogP contribution in [0.15, 0.2) is 33.2 Å². The summed E-state index contributed by atoms with van der Waals surface area (Å²) in [7, 11) is 0. The molecule has 2 rings (SSSR count). The first-order chi connectivity index (χ1) is 9.11. The van der Waals surface area contributed by atoms with E-state index in [9.17, 15) is 8.78 Å². The number of halogens is 3. The van der Waals surface area contributed by atoms with Gasteiger partial charge in [-0.3, -0.25) is 0 Å². The summed E-state index contributed by atoms with van der Waals surface area (Å²) in [4.78, 5) is 0. The Morgan fingerprint density at radius 1 is 1.26 bits per heavy atom. The standard InChI is InChI=1S/C14H14BrF2NO/c1-2-5-18-8-10-3-4-13(19-10)14-11(15)6-9(16)7-12(14)17/h3-4,6-7,18H,2,5,8H2,1H3. The van der Waals surface area contributed by atoms with E-state index < -0.39 is 11.6 Å². The van der Waals surface area contributed by atoms with Crippen molar-refractivity contribution in [3.8, 4) is 11.3 Å². The molecule has 0 unspecified atom stereocenters. The first-order valence-electron chi connectivity index (χ1n) is 6.06. The second-order valence-electron chi connectivity index (χ2n) is 4.19. The zero-order valence-corrected chi connectivity index (χ0v) is 12.1. The molecule has 0 aliphatic carbocycles. The molecule has 0 aliphatic rings. The molecule has 102 valence electrons. The maximum Gasteiger partial charge on any atom is 0.138 e. The molecular weight excluding hydrogens is 316 g/mol. The van der Waals surface area contributed by atoms with Crippen molar-refractivity contribution in [3.63, 3.8) is 0 Å². The summed E-state index contributed by atoms with van der Waals surface area (Å²) in [5.74, 6) is -0.157.